The zero-order valence-corrected chi connectivity index (χ0v) is 22.7. The Labute approximate surface area is 210 Å². The fourth-order valence-electron chi connectivity index (χ4n) is 2.81. The molecule has 0 saturated heterocycles. The van der Waals surface area contributed by atoms with E-state index in [9.17, 15) is 18.0 Å². The Bertz CT molecular complexity index is 1240. The van der Waals surface area contributed by atoms with Crippen molar-refractivity contribution in [1.29, 1.82) is 0 Å². The van der Waals surface area contributed by atoms with E-state index >= 15 is 0 Å². The van der Waals surface area contributed by atoms with Gasteiger partial charge >= 0.3 is 11.9 Å². The minimum absolute atomic E-state index is 0.0504. The largest absolute Gasteiger partial charge is 0.457 e. The lowest BCUT2D eigenvalue weighted by molar-refractivity contribution is -0.157. The first-order chi connectivity index (χ1) is 15.0. The van der Waals surface area contributed by atoms with Crippen LogP contribution in [0.25, 0.3) is 0 Å². The Morgan fingerprint density at radius 3 is 2.30 bits per heavy atom. The fraction of sp³-hybridized carbons (Fsp3) is 0.429. The van der Waals surface area contributed by atoms with Crippen LogP contribution in [0, 0.1) is 0 Å². The second-order valence-electron chi connectivity index (χ2n) is 9.29. The van der Waals surface area contributed by atoms with Gasteiger partial charge in [0.15, 0.2) is 4.21 Å². The number of hydrogen-bond acceptors (Lipinski definition) is 9. The highest BCUT2D eigenvalue weighted by atomic mass is 127. The predicted molar refractivity (Wildman–Crippen MR) is 133 cm³/mol. The number of nitrogens with zero attached hydrogens (tertiary/aromatic N) is 2. The van der Waals surface area contributed by atoms with Crippen molar-refractivity contribution in [3.63, 3.8) is 0 Å². The van der Waals surface area contributed by atoms with Crippen LogP contribution in [0.1, 0.15) is 57.5 Å². The monoisotopic (exact) mass is 605 g/mol. The summed E-state index contributed by atoms with van der Waals surface area (Å²) in [7, 11) is -4.12. The molecule has 9 nitrogen and oxygen atoms in total. The van der Waals surface area contributed by atoms with Crippen molar-refractivity contribution in [1.82, 2.24) is 0 Å². The van der Waals surface area contributed by atoms with Crippen LogP contribution in [-0.2, 0) is 27.8 Å². The second kappa shape index (κ2) is 8.62. The van der Waals surface area contributed by atoms with Crippen molar-refractivity contribution < 1.29 is 27.5 Å². The molecule has 1 aromatic heterocycles. The molecule has 0 radical (unpaired) electrons. The summed E-state index contributed by atoms with van der Waals surface area (Å²) < 4.78 is 37.8. The van der Waals surface area contributed by atoms with Gasteiger partial charge in [-0.15, -0.1) is 11.3 Å². The molecule has 0 bridgehead atoms. The maximum atomic E-state index is 13.1. The number of halogens is 1. The van der Waals surface area contributed by atoms with Gasteiger partial charge in [-0.25, -0.2) is 18.0 Å². The van der Waals surface area contributed by atoms with Crippen molar-refractivity contribution in [3.8, 4) is 0 Å². The van der Waals surface area contributed by atoms with Crippen LogP contribution in [0.3, 0.4) is 0 Å². The molecule has 0 spiro atoms. The summed E-state index contributed by atoms with van der Waals surface area (Å²) in [6, 6.07) is 5.97. The molecule has 178 valence electrons. The Hall–Kier alpha value is -2.06. The summed E-state index contributed by atoms with van der Waals surface area (Å²) in [5, 5.41) is 9.63. The molecular weight excluding hydrogens is 581 g/mol. The number of carbonyl (C=O) groups excluding carboxylic acids is 2. The van der Waals surface area contributed by atoms with Gasteiger partial charge in [0, 0.05) is 11.3 Å². The van der Waals surface area contributed by atoms with E-state index in [0.717, 1.165) is 11.3 Å². The van der Waals surface area contributed by atoms with Gasteiger partial charge in [-0.2, -0.15) is 10.2 Å². The van der Waals surface area contributed by atoms with Gasteiger partial charge in [0.1, 0.15) is 11.2 Å². The Morgan fingerprint density at radius 1 is 1.06 bits per heavy atom. The number of thiophene rings is 1. The molecule has 0 amide bonds. The third kappa shape index (κ3) is 5.72. The normalized spacial score (nSPS) is 18.0. The van der Waals surface area contributed by atoms with Gasteiger partial charge in [0.05, 0.1) is 11.3 Å². The van der Waals surface area contributed by atoms with Gasteiger partial charge in [-0.1, -0.05) is 0 Å². The van der Waals surface area contributed by atoms with Crippen molar-refractivity contribution in [2.75, 3.05) is 4.72 Å². The van der Waals surface area contributed by atoms with E-state index in [0.29, 0.717) is 11.3 Å². The molecule has 0 aliphatic carbocycles. The first-order valence-corrected chi connectivity index (χ1v) is 13.3. The fourth-order valence-corrected chi connectivity index (χ4v) is 5.84. The van der Waals surface area contributed by atoms with Crippen LogP contribution in [-0.4, -0.2) is 31.6 Å². The average Bonchev–Trinajstić information content (AvgIpc) is 3.25. The van der Waals surface area contributed by atoms with Gasteiger partial charge in [0.2, 0.25) is 0 Å². The predicted octanol–water partition coefficient (Wildman–Crippen LogP) is 5.53. The van der Waals surface area contributed by atoms with E-state index in [-0.39, 0.29) is 15.5 Å². The standard InChI is InChI=1S/C21H24IN3O6S2/c1-19(2,3)30-16(26)13-9-10-32-17(13)33(28,29)24-12-7-8-15-14(11-12)21(22,25-23-15)18(27)31-20(4,5)6/h7-11,24H,1-6H3. The van der Waals surface area contributed by atoms with Crippen LogP contribution in [0.2, 0.25) is 0 Å². The third-order valence-electron chi connectivity index (χ3n) is 4.06. The first-order valence-electron chi connectivity index (χ1n) is 9.85. The molecule has 1 atom stereocenters. The van der Waals surface area contributed by atoms with Crippen LogP contribution in [0.4, 0.5) is 11.4 Å². The molecule has 2 aromatic rings. The van der Waals surface area contributed by atoms with Crippen LogP contribution < -0.4 is 4.72 Å². The van der Waals surface area contributed by atoms with E-state index < -0.39 is 36.7 Å². The Morgan fingerprint density at radius 2 is 1.70 bits per heavy atom. The van der Waals surface area contributed by atoms with Gasteiger partial charge in [-0.05, 0) is 93.8 Å². The van der Waals surface area contributed by atoms with Crippen molar-refractivity contribution in [3.05, 3.63) is 40.8 Å². The van der Waals surface area contributed by atoms with E-state index in [2.05, 4.69) is 15.0 Å². The van der Waals surface area contributed by atoms with E-state index in [1.165, 1.54) is 23.6 Å². The van der Waals surface area contributed by atoms with Crippen molar-refractivity contribution in [2.24, 2.45) is 10.2 Å². The summed E-state index contributed by atoms with van der Waals surface area (Å²) in [6.07, 6.45) is 0. The molecule has 1 aromatic carbocycles. The quantitative estimate of drug-likeness (QED) is 0.207. The van der Waals surface area contributed by atoms with Crippen LogP contribution in [0.15, 0.2) is 44.1 Å². The first kappa shape index (κ1) is 25.6. The number of fused-ring (bicyclic) bond motifs is 1. The highest BCUT2D eigenvalue weighted by Crippen LogP contribution is 2.48. The van der Waals surface area contributed by atoms with Gasteiger partial charge in [0.25, 0.3) is 13.6 Å². The number of ether oxygens (including phenoxy) is 2. The average molecular weight is 605 g/mol. The molecular formula is C21H24IN3O6S2. The molecule has 2 heterocycles. The minimum Gasteiger partial charge on any atom is -0.457 e. The summed E-state index contributed by atoms with van der Waals surface area (Å²) >= 11 is 2.74. The topological polar surface area (TPSA) is 123 Å². The Balaban J connectivity index is 1.91. The lowest BCUT2D eigenvalue weighted by Gasteiger charge is -2.25. The molecule has 1 N–H and O–H groups in total. The smallest absolute Gasteiger partial charge is 0.351 e. The number of rotatable bonds is 5. The molecule has 33 heavy (non-hydrogen) atoms. The molecule has 12 heteroatoms. The Kier molecular flexibility index (Phi) is 6.68. The maximum absolute atomic E-state index is 13.1. The van der Waals surface area contributed by atoms with E-state index in [4.69, 9.17) is 9.47 Å². The second-order valence-corrected chi connectivity index (χ2v) is 13.6. The molecule has 0 fully saturated rings. The van der Waals surface area contributed by atoms with Crippen LogP contribution >= 0.6 is 33.9 Å². The van der Waals surface area contributed by atoms with Crippen LogP contribution in [0.5, 0.6) is 0 Å². The zero-order chi connectivity index (χ0) is 24.8. The number of benzene rings is 1. The van der Waals surface area contributed by atoms with Gasteiger partial charge < -0.3 is 9.47 Å². The maximum Gasteiger partial charge on any atom is 0.351 e. The summed E-state index contributed by atoms with van der Waals surface area (Å²) in [6.45, 7) is 10.3. The number of azo groups is 1. The number of alkyl halides is 1. The van der Waals surface area contributed by atoms with Crippen molar-refractivity contribution >= 4 is 67.3 Å². The molecule has 1 aliphatic heterocycles. The number of nitrogens with one attached hydrogen (secondary N) is 1. The lowest BCUT2D eigenvalue weighted by Crippen LogP contribution is -2.34. The van der Waals surface area contributed by atoms with E-state index in [1.54, 1.807) is 47.6 Å². The zero-order valence-electron chi connectivity index (χ0n) is 18.9. The summed E-state index contributed by atoms with van der Waals surface area (Å²) in [5.74, 6) is -1.34. The molecule has 1 unspecified atom stereocenters. The van der Waals surface area contributed by atoms with E-state index in [1.807, 2.05) is 22.6 Å². The summed E-state index contributed by atoms with van der Waals surface area (Å²) in [5.41, 5.74) is -0.532. The molecule has 3 rings (SSSR count). The highest BCUT2D eigenvalue weighted by molar-refractivity contribution is 14.1. The number of sulfonamides is 1. The number of hydrogen-bond donors (Lipinski definition) is 1. The lowest BCUT2D eigenvalue weighted by atomic mass is 10.1. The SMILES string of the molecule is CC(C)(C)OC(=O)c1ccsc1S(=O)(=O)Nc1ccc2c(c1)C(I)(C(=O)OC(C)(C)C)N=N2. The molecule has 1 aliphatic rings. The third-order valence-corrected chi connectivity index (χ3v) is 8.17. The number of esters is 2. The number of carbonyl (C=O) groups is 2. The van der Waals surface area contributed by atoms with Crippen molar-refractivity contribution in [2.45, 2.75) is 60.5 Å². The summed E-state index contributed by atoms with van der Waals surface area (Å²) in [4.78, 5) is 25.3. The number of anilines is 1. The minimum atomic E-state index is -4.12. The highest BCUT2D eigenvalue weighted by Gasteiger charge is 2.46. The van der Waals surface area contributed by atoms with Gasteiger partial charge in [-0.3, -0.25) is 4.72 Å². The molecule has 0 saturated carbocycles.